The predicted molar refractivity (Wildman–Crippen MR) is 98.1 cm³/mol. The first-order chi connectivity index (χ1) is 12.5. The molecular formula is C18H19Cl2N3O3. The molecule has 0 spiro atoms. The Kier molecular flexibility index (Phi) is 4.82. The molecule has 3 saturated heterocycles. The summed E-state index contributed by atoms with van der Waals surface area (Å²) in [5, 5.41) is 3.97. The normalized spacial score (nSPS) is 27.3. The summed E-state index contributed by atoms with van der Waals surface area (Å²) >= 11 is 11.9. The topological polar surface area (TPSA) is 67.6 Å². The molecule has 0 saturated carbocycles. The Balaban J connectivity index is 1.43. The number of nitrogens with zero attached hydrogens (tertiary/aromatic N) is 2. The highest BCUT2D eigenvalue weighted by Gasteiger charge is 2.40. The molecule has 26 heavy (non-hydrogen) atoms. The van der Waals surface area contributed by atoms with Crippen molar-refractivity contribution in [1.82, 2.24) is 15.2 Å². The summed E-state index contributed by atoms with van der Waals surface area (Å²) in [6, 6.07) is 5.25. The predicted octanol–water partition coefficient (Wildman–Crippen LogP) is 3.99. The number of rotatable bonds is 4. The molecule has 1 aromatic heterocycles. The Morgan fingerprint density at radius 2 is 1.96 bits per heavy atom. The highest BCUT2D eigenvalue weighted by Crippen LogP contribution is 2.32. The molecule has 1 amide bonds. The largest absolute Gasteiger partial charge is 0.425 e. The minimum Gasteiger partial charge on any atom is -0.425 e. The monoisotopic (exact) mass is 395 g/mol. The van der Waals surface area contributed by atoms with E-state index in [0.29, 0.717) is 27.8 Å². The Bertz CT molecular complexity index is 796. The fourth-order valence-electron chi connectivity index (χ4n) is 3.87. The van der Waals surface area contributed by atoms with Crippen LogP contribution in [0.15, 0.2) is 28.8 Å². The van der Waals surface area contributed by atoms with Crippen molar-refractivity contribution < 1.29 is 13.9 Å². The number of carbonyl (C=O) groups excluding carboxylic acids is 1. The summed E-state index contributed by atoms with van der Waals surface area (Å²) < 4.78 is 11.0. The Hall–Kier alpha value is -1.76. The van der Waals surface area contributed by atoms with Crippen molar-refractivity contribution >= 4 is 29.1 Å². The summed E-state index contributed by atoms with van der Waals surface area (Å²) in [7, 11) is 0. The number of carbonyl (C=O) groups is 1. The minimum absolute atomic E-state index is 0.0169. The zero-order valence-corrected chi connectivity index (χ0v) is 15.8. The van der Waals surface area contributed by atoms with Crippen LogP contribution in [0.1, 0.15) is 30.5 Å². The Morgan fingerprint density at radius 1 is 1.27 bits per heavy atom. The maximum Gasteiger partial charge on any atom is 0.311 e. The number of piperidine rings is 3. The molecule has 3 aliphatic heterocycles. The lowest BCUT2D eigenvalue weighted by molar-refractivity contribution is 0.0209. The number of benzene rings is 1. The van der Waals surface area contributed by atoms with Crippen LogP contribution in [0.25, 0.3) is 0 Å². The van der Waals surface area contributed by atoms with Gasteiger partial charge in [-0.2, -0.15) is 0 Å². The molecule has 3 aliphatic rings. The van der Waals surface area contributed by atoms with Crippen molar-refractivity contribution in [3.8, 4) is 11.7 Å². The molecule has 8 heteroatoms. The second-order valence-corrected chi connectivity index (χ2v) is 7.68. The van der Waals surface area contributed by atoms with Gasteiger partial charge < -0.3 is 14.5 Å². The Labute approximate surface area is 161 Å². The van der Waals surface area contributed by atoms with E-state index in [1.165, 1.54) is 6.20 Å². The maximum absolute atomic E-state index is 12.5. The maximum atomic E-state index is 12.5. The number of halogens is 2. The van der Waals surface area contributed by atoms with Crippen LogP contribution in [-0.4, -0.2) is 41.0 Å². The van der Waals surface area contributed by atoms with Crippen molar-refractivity contribution in [3.05, 3.63) is 40.3 Å². The van der Waals surface area contributed by atoms with E-state index in [-0.39, 0.29) is 23.8 Å². The summed E-state index contributed by atoms with van der Waals surface area (Å²) in [4.78, 5) is 19.0. The van der Waals surface area contributed by atoms with E-state index in [9.17, 15) is 4.79 Å². The van der Waals surface area contributed by atoms with Crippen LogP contribution >= 0.6 is 23.2 Å². The summed E-state index contributed by atoms with van der Waals surface area (Å²) in [6.45, 7) is 4.37. The number of amides is 1. The van der Waals surface area contributed by atoms with E-state index in [4.69, 9.17) is 32.4 Å². The van der Waals surface area contributed by atoms with Gasteiger partial charge >= 0.3 is 11.9 Å². The van der Waals surface area contributed by atoms with Gasteiger partial charge in [0.15, 0.2) is 0 Å². The third-order valence-corrected chi connectivity index (χ3v) is 5.65. The Morgan fingerprint density at radius 3 is 2.62 bits per heavy atom. The third kappa shape index (κ3) is 3.54. The molecule has 2 aromatic rings. The molecule has 5 rings (SSSR count). The molecule has 1 N–H and O–H groups in total. The minimum atomic E-state index is -0.324. The number of ether oxygens (including phenoxy) is 1. The van der Waals surface area contributed by atoms with Crippen LogP contribution in [0.2, 0.25) is 10.0 Å². The molecule has 4 heterocycles. The molecule has 3 fully saturated rings. The third-order valence-electron chi connectivity index (χ3n) is 5.21. The molecular weight excluding hydrogens is 377 g/mol. The number of fused-ring (bicyclic) bond motifs is 3. The molecule has 2 bridgehead atoms. The average molecular weight is 396 g/mol. The van der Waals surface area contributed by atoms with Gasteiger partial charge in [-0.3, -0.25) is 9.69 Å². The van der Waals surface area contributed by atoms with Crippen LogP contribution in [-0.2, 0) is 0 Å². The molecule has 1 aromatic carbocycles. The summed E-state index contributed by atoms with van der Waals surface area (Å²) in [5.74, 6) is 0.691. The zero-order chi connectivity index (χ0) is 18.3. The van der Waals surface area contributed by atoms with Gasteiger partial charge in [-0.1, -0.05) is 23.2 Å². The molecule has 138 valence electrons. The van der Waals surface area contributed by atoms with Gasteiger partial charge in [-0.05, 0) is 57.0 Å². The number of hydrogen-bond acceptors (Lipinski definition) is 5. The van der Waals surface area contributed by atoms with E-state index in [1.807, 2.05) is 0 Å². The van der Waals surface area contributed by atoms with Gasteiger partial charge in [0, 0.05) is 22.1 Å². The fraction of sp³-hybridized carbons (Fsp3) is 0.444. The van der Waals surface area contributed by atoms with Gasteiger partial charge in [-0.15, -0.1) is 0 Å². The first-order valence-corrected chi connectivity index (χ1v) is 9.40. The molecule has 6 nitrogen and oxygen atoms in total. The van der Waals surface area contributed by atoms with Crippen LogP contribution < -0.4 is 10.1 Å². The van der Waals surface area contributed by atoms with Gasteiger partial charge in [0.2, 0.25) is 0 Å². The van der Waals surface area contributed by atoms with Crippen LogP contribution in [0.4, 0.5) is 0 Å². The summed E-state index contributed by atoms with van der Waals surface area (Å²) in [6.07, 6.45) is 3.60. The quantitative estimate of drug-likeness (QED) is 0.847. The standard InChI is InChI=1S/C18H19Cl2N3O3/c1-10-16(11-2-4-23(10)5-3-11)22-17(24)18-21-9-15(26-18)25-14-7-12(19)6-13(20)8-14/h6-11,16H,2-5H2,1H3,(H,22,24)/t10-,16-/m0/s1. The molecule has 0 radical (unpaired) electrons. The van der Waals surface area contributed by atoms with Crippen LogP contribution in [0.5, 0.6) is 11.7 Å². The van der Waals surface area contributed by atoms with Crippen molar-refractivity contribution in [3.63, 3.8) is 0 Å². The first-order valence-electron chi connectivity index (χ1n) is 8.64. The van der Waals surface area contributed by atoms with Crippen molar-refractivity contribution in [2.24, 2.45) is 5.92 Å². The smallest absolute Gasteiger partial charge is 0.311 e. The molecule has 0 unspecified atom stereocenters. The first kappa shape index (κ1) is 17.6. The second kappa shape index (κ2) is 7.10. The van der Waals surface area contributed by atoms with E-state index in [2.05, 4.69) is 22.1 Å². The van der Waals surface area contributed by atoms with Crippen LogP contribution in [0.3, 0.4) is 0 Å². The van der Waals surface area contributed by atoms with Gasteiger partial charge in [-0.25, -0.2) is 4.98 Å². The molecule has 0 aliphatic carbocycles. The van der Waals surface area contributed by atoms with E-state index in [0.717, 1.165) is 25.9 Å². The van der Waals surface area contributed by atoms with Gasteiger partial charge in [0.25, 0.3) is 5.89 Å². The van der Waals surface area contributed by atoms with E-state index >= 15 is 0 Å². The van der Waals surface area contributed by atoms with Crippen molar-refractivity contribution in [2.45, 2.75) is 31.8 Å². The number of aromatic nitrogens is 1. The SMILES string of the molecule is C[C@H]1[C@H](NC(=O)c2ncc(Oc3cc(Cl)cc(Cl)c3)o2)C2CCN1CC2. The lowest BCUT2D eigenvalue weighted by Crippen LogP contribution is -2.62. The fourth-order valence-corrected chi connectivity index (χ4v) is 4.38. The zero-order valence-electron chi connectivity index (χ0n) is 14.2. The van der Waals surface area contributed by atoms with E-state index < -0.39 is 0 Å². The van der Waals surface area contributed by atoms with Gasteiger partial charge in [0.1, 0.15) is 11.9 Å². The lowest BCUT2D eigenvalue weighted by Gasteiger charge is -2.49. The summed E-state index contributed by atoms with van der Waals surface area (Å²) in [5.41, 5.74) is 0. The second-order valence-electron chi connectivity index (χ2n) is 6.80. The molecule has 2 atom stereocenters. The number of hydrogen-bond donors (Lipinski definition) is 1. The average Bonchev–Trinajstić information content (AvgIpc) is 3.06. The van der Waals surface area contributed by atoms with Crippen molar-refractivity contribution in [1.29, 1.82) is 0 Å². The highest BCUT2D eigenvalue weighted by atomic mass is 35.5. The lowest BCUT2D eigenvalue weighted by atomic mass is 9.79. The van der Waals surface area contributed by atoms with E-state index in [1.54, 1.807) is 18.2 Å². The number of oxazole rings is 1. The van der Waals surface area contributed by atoms with Crippen LogP contribution in [0, 0.1) is 5.92 Å². The number of nitrogens with one attached hydrogen (secondary N) is 1. The van der Waals surface area contributed by atoms with Crippen molar-refractivity contribution in [2.75, 3.05) is 13.1 Å². The van der Waals surface area contributed by atoms with Gasteiger partial charge in [0.05, 0.1) is 0 Å². The highest BCUT2D eigenvalue weighted by molar-refractivity contribution is 6.34.